The molecule has 3 aromatic heterocycles. The largest absolute Gasteiger partial charge is 0.394 e. The number of halogens is 2. The Bertz CT molecular complexity index is 1850. The third-order valence-electron chi connectivity index (χ3n) is 7.95. The predicted octanol–water partition coefficient (Wildman–Crippen LogP) is 1.89. The molecular formula is C27H35F2N9O10P2S. The van der Waals surface area contributed by atoms with Crippen LogP contribution in [0.4, 0.5) is 20.5 Å². The first-order valence-electron chi connectivity index (χ1n) is 15.5. The van der Waals surface area contributed by atoms with E-state index in [2.05, 4.69) is 35.6 Å². The fraction of sp³-hybridized carbons (Fsp3) is 0.593. The van der Waals surface area contributed by atoms with E-state index in [1.54, 1.807) is 13.8 Å². The van der Waals surface area contributed by atoms with Crippen LogP contribution < -0.4 is 16.2 Å². The number of alkyl halides is 2. The van der Waals surface area contributed by atoms with Crippen LogP contribution in [0.15, 0.2) is 29.7 Å². The van der Waals surface area contributed by atoms with Gasteiger partial charge in [0.05, 0.1) is 44.7 Å². The first kappa shape index (κ1) is 38.9. The average molecular weight is 778 g/mol. The van der Waals surface area contributed by atoms with Crippen LogP contribution >= 0.6 is 15.0 Å². The van der Waals surface area contributed by atoms with Crippen molar-refractivity contribution in [3.63, 3.8) is 0 Å². The summed E-state index contributed by atoms with van der Waals surface area (Å²) in [5.41, 5.74) is -1.05. The second-order valence-corrected chi connectivity index (χ2v) is 15.5. The van der Waals surface area contributed by atoms with Gasteiger partial charge < -0.3 is 33.6 Å². The van der Waals surface area contributed by atoms with Crippen LogP contribution in [0.5, 0.6) is 0 Å². The van der Waals surface area contributed by atoms with E-state index in [1.165, 1.54) is 18.6 Å². The second-order valence-electron chi connectivity index (χ2n) is 11.8. The number of aromatic amines is 1. The zero-order chi connectivity index (χ0) is 36.9. The van der Waals surface area contributed by atoms with E-state index in [0.717, 1.165) is 10.9 Å². The topological polar surface area (TPSA) is 258 Å². The third kappa shape index (κ3) is 9.18. The summed E-state index contributed by atoms with van der Waals surface area (Å²) in [7, 11) is -3.62. The molecular weight excluding hydrogens is 742 g/mol. The molecule has 5 rings (SSSR count). The number of aliphatic hydroxyl groups is 1. The van der Waals surface area contributed by atoms with Gasteiger partial charge in [-0.15, -0.1) is 0 Å². The summed E-state index contributed by atoms with van der Waals surface area (Å²) in [6, 6.07) is 2.44. The highest BCUT2D eigenvalue weighted by Gasteiger charge is 2.51. The molecule has 1 saturated carbocycles. The summed E-state index contributed by atoms with van der Waals surface area (Å²) in [4.78, 5) is 53.2. The fourth-order valence-corrected chi connectivity index (χ4v) is 8.14. The summed E-state index contributed by atoms with van der Waals surface area (Å²) in [6.45, 7) is -2.39. The number of carbonyl (C=O) groups excluding carboxylic acids is 1. The van der Waals surface area contributed by atoms with Gasteiger partial charge in [0.25, 0.3) is 5.56 Å². The molecule has 0 bridgehead atoms. The van der Waals surface area contributed by atoms with E-state index < -0.39 is 94.4 Å². The Hall–Kier alpha value is -3.35. The number of nitrogens with zero attached hydrogens (tertiary/aromatic N) is 6. The van der Waals surface area contributed by atoms with E-state index in [9.17, 15) is 24.2 Å². The van der Waals surface area contributed by atoms with Crippen LogP contribution in [0.2, 0.25) is 0 Å². The molecule has 24 heteroatoms. The number of nitriles is 1. The smallest absolute Gasteiger partial charge is 0.327 e. The minimum atomic E-state index is -4.09. The van der Waals surface area contributed by atoms with Crippen molar-refractivity contribution < 1.29 is 51.0 Å². The Kier molecular flexibility index (Phi) is 12.9. The SMILES string of the molecule is CC(C)C(=O)Nc1nc2c(ncn2[C@@H]2O[C@H](CO)[C@@H](F)[C@H]2O[P@](=S)(OCCC#N)OC[C@H]2C[C@@H](Nc3ccncn3)[C@H](F)[C@@H]2O[PH](=O)O)c(=O)[nH]1. The van der Waals surface area contributed by atoms with E-state index >= 15 is 8.78 Å². The van der Waals surface area contributed by atoms with Crippen LogP contribution in [-0.2, 0) is 44.0 Å². The lowest BCUT2D eigenvalue weighted by Gasteiger charge is -2.29. The van der Waals surface area contributed by atoms with Gasteiger partial charge in [-0.2, -0.15) is 10.2 Å². The normalized spacial score (nSPS) is 28.0. The molecule has 0 radical (unpaired) electrons. The molecule has 1 saturated heterocycles. The Morgan fingerprint density at radius 1 is 1.31 bits per heavy atom. The second kappa shape index (κ2) is 17.0. The first-order valence-corrected chi connectivity index (χ1v) is 19.3. The number of fused-ring (bicyclic) bond motifs is 1. The molecule has 1 unspecified atom stereocenters. The van der Waals surface area contributed by atoms with Crippen molar-refractivity contribution >= 4 is 55.6 Å². The molecule has 10 atom stereocenters. The number of anilines is 2. The monoisotopic (exact) mass is 777 g/mol. The zero-order valence-corrected chi connectivity index (χ0v) is 29.7. The number of carbonyl (C=O) groups is 1. The molecule has 1 aliphatic carbocycles. The van der Waals surface area contributed by atoms with Crippen molar-refractivity contribution in [2.75, 3.05) is 30.5 Å². The lowest BCUT2D eigenvalue weighted by molar-refractivity contribution is -0.118. The molecule has 1 amide bonds. The highest BCUT2D eigenvalue weighted by Crippen LogP contribution is 2.55. The summed E-state index contributed by atoms with van der Waals surface area (Å²) in [6.07, 6.45) is -6.29. The highest BCUT2D eigenvalue weighted by atomic mass is 32.5. The number of amides is 1. The van der Waals surface area contributed by atoms with Gasteiger partial charge in [0.1, 0.15) is 36.6 Å². The van der Waals surface area contributed by atoms with Crippen LogP contribution in [0, 0.1) is 23.2 Å². The first-order chi connectivity index (χ1) is 24.3. The Morgan fingerprint density at radius 2 is 2.10 bits per heavy atom. The van der Waals surface area contributed by atoms with Crippen molar-refractivity contribution in [2.24, 2.45) is 11.8 Å². The van der Waals surface area contributed by atoms with Crippen molar-refractivity contribution in [3.05, 3.63) is 35.3 Å². The van der Waals surface area contributed by atoms with Crippen molar-refractivity contribution in [1.82, 2.24) is 29.5 Å². The number of hydrogen-bond acceptors (Lipinski definition) is 16. The van der Waals surface area contributed by atoms with Gasteiger partial charge in [-0.25, -0.2) is 23.7 Å². The van der Waals surface area contributed by atoms with Crippen molar-refractivity contribution in [1.29, 1.82) is 5.26 Å². The number of H-pyrrole nitrogens is 1. The number of aliphatic hydroxyl groups excluding tert-OH is 1. The lowest BCUT2D eigenvalue weighted by atomic mass is 10.1. The van der Waals surface area contributed by atoms with Crippen LogP contribution in [0.3, 0.4) is 0 Å². The number of ether oxygens (including phenoxy) is 1. The van der Waals surface area contributed by atoms with Crippen LogP contribution in [-0.4, -0.2) is 102 Å². The molecule has 19 nitrogen and oxygen atoms in total. The Morgan fingerprint density at radius 3 is 2.76 bits per heavy atom. The number of rotatable bonds is 16. The molecule has 0 aromatic carbocycles. The molecule has 5 N–H and O–H groups in total. The van der Waals surface area contributed by atoms with E-state index in [0.29, 0.717) is 5.82 Å². The molecule has 2 aliphatic rings. The van der Waals surface area contributed by atoms with Gasteiger partial charge in [-0.3, -0.25) is 33.5 Å². The number of imidazole rings is 1. The number of aromatic nitrogens is 6. The molecule has 278 valence electrons. The maximum absolute atomic E-state index is 16.0. The van der Waals surface area contributed by atoms with Gasteiger partial charge in [-0.1, -0.05) is 13.8 Å². The minimum absolute atomic E-state index is 0.00290. The maximum atomic E-state index is 16.0. The summed E-state index contributed by atoms with van der Waals surface area (Å²) >= 11 is 5.63. The predicted molar refractivity (Wildman–Crippen MR) is 177 cm³/mol. The molecule has 0 spiro atoms. The minimum Gasteiger partial charge on any atom is -0.394 e. The fourth-order valence-electron chi connectivity index (χ4n) is 5.47. The molecule has 51 heavy (non-hydrogen) atoms. The molecule has 3 aromatic rings. The average Bonchev–Trinajstić information content (AvgIpc) is 3.74. The zero-order valence-electron chi connectivity index (χ0n) is 27.0. The Balaban J connectivity index is 1.42. The lowest BCUT2D eigenvalue weighted by Crippen LogP contribution is -2.33. The van der Waals surface area contributed by atoms with Crippen LogP contribution in [0.1, 0.15) is 32.9 Å². The third-order valence-corrected chi connectivity index (χ3v) is 10.8. The van der Waals surface area contributed by atoms with Gasteiger partial charge in [-0.05, 0) is 24.3 Å². The molecule has 2 fully saturated rings. The molecule has 4 heterocycles. The summed E-state index contributed by atoms with van der Waals surface area (Å²) < 4.78 is 72.9. The van der Waals surface area contributed by atoms with Gasteiger partial charge in [0.15, 0.2) is 23.6 Å². The van der Waals surface area contributed by atoms with Gasteiger partial charge in [0.2, 0.25) is 11.9 Å². The van der Waals surface area contributed by atoms with E-state index in [1.807, 2.05) is 6.07 Å². The Labute approximate surface area is 294 Å². The highest BCUT2D eigenvalue weighted by molar-refractivity contribution is 8.07. The summed E-state index contributed by atoms with van der Waals surface area (Å²) in [5, 5.41) is 24.4. The van der Waals surface area contributed by atoms with Crippen molar-refractivity contribution in [3.8, 4) is 6.07 Å². The van der Waals surface area contributed by atoms with E-state index in [4.69, 9.17) is 39.9 Å². The summed E-state index contributed by atoms with van der Waals surface area (Å²) in [5.74, 6) is -1.73. The van der Waals surface area contributed by atoms with Crippen molar-refractivity contribution in [2.45, 2.75) is 69.6 Å². The van der Waals surface area contributed by atoms with E-state index in [-0.39, 0.29) is 36.6 Å². The quantitative estimate of drug-likeness (QED) is 0.103. The molecule has 1 aliphatic heterocycles. The standard InChI is InChI=1S/C27H35F2N9O10P2S/c1-13(2)24(40)36-27-35-23-20(25(41)37-27)33-12-38(23)26-22(19(29)16(9-39)46-26)48-50(51,44-7-3-5-30)45-10-14-8-15(18(28)21(14)47-49(42)43)34-17-4-6-31-11-32-17/h4,6,11-16,18-19,21-22,26,39,49H,3,7-10H2,1-2H3,(H,42,43)(H,31,32,34)(H2,35,36,37,40,41)/t14-,15-,16-,18+,19-,21-,22-,26-,50+/m1/s1. The van der Waals surface area contributed by atoms with Crippen LogP contribution in [0.25, 0.3) is 11.2 Å². The number of hydrogen-bond donors (Lipinski definition) is 5. The van der Waals surface area contributed by atoms with Gasteiger partial charge >= 0.3 is 15.0 Å². The van der Waals surface area contributed by atoms with Gasteiger partial charge in [0, 0.05) is 18.0 Å². The number of nitrogens with one attached hydrogen (secondary N) is 3. The maximum Gasteiger partial charge on any atom is 0.327 e.